The number of aryl methyl sites for hydroxylation is 3. The van der Waals surface area contributed by atoms with Gasteiger partial charge in [0.2, 0.25) is 10.0 Å². The molecule has 0 radical (unpaired) electrons. The number of aromatic nitrogens is 4. The van der Waals surface area contributed by atoms with E-state index in [1.165, 1.54) is 0 Å². The van der Waals surface area contributed by atoms with Gasteiger partial charge in [-0.05, 0) is 76.5 Å². The predicted octanol–water partition coefficient (Wildman–Crippen LogP) is 3.98. The zero-order valence-electron chi connectivity index (χ0n) is 24.2. The number of hydrogen-bond donors (Lipinski definition) is 1. The molecule has 2 unspecified atom stereocenters. The molecule has 3 heterocycles. The number of sulfonamides is 1. The van der Waals surface area contributed by atoms with Crippen LogP contribution in [0.15, 0.2) is 30.3 Å². The number of rotatable bonds is 10. The molecule has 3 atom stereocenters. The number of nitrogens with one attached hydrogen (secondary N) is 1. The van der Waals surface area contributed by atoms with Crippen molar-refractivity contribution < 1.29 is 22.7 Å². The predicted molar refractivity (Wildman–Crippen MR) is 154 cm³/mol. The van der Waals surface area contributed by atoms with E-state index in [4.69, 9.17) is 4.74 Å². The molecule has 0 bridgehead atoms. The molecule has 3 aromatic rings. The Morgan fingerprint density at radius 2 is 1.83 bits per heavy atom. The number of benzene rings is 1. The standard InChI is InChI=1S/C30H39N5O5S/c1-5-41(38,39)34-21(4)23-12-10-22(11-13-23)14-15-30(24-8-6-7-9-24)18-26(36)25(28(37)40-30)17-27-32-29-31-19(2)16-20(3)35(29)33-27/h10-13,16,21,24-25,34H,5-9,14-15,17-18H2,1-4H3/t21-,25?,30?/m1/s1. The average Bonchev–Trinajstić information content (AvgIpc) is 3.61. The van der Waals surface area contributed by atoms with Crippen molar-refractivity contribution in [2.45, 2.75) is 90.7 Å². The van der Waals surface area contributed by atoms with Gasteiger partial charge in [-0.25, -0.2) is 22.6 Å². The van der Waals surface area contributed by atoms with E-state index < -0.39 is 27.5 Å². The van der Waals surface area contributed by atoms with Crippen molar-refractivity contribution in [2.75, 3.05) is 5.75 Å². The highest BCUT2D eigenvalue weighted by molar-refractivity contribution is 7.89. The van der Waals surface area contributed by atoms with Gasteiger partial charge in [-0.3, -0.25) is 9.59 Å². The first-order valence-corrected chi connectivity index (χ1v) is 16.2. The Morgan fingerprint density at radius 1 is 1.12 bits per heavy atom. The van der Waals surface area contributed by atoms with E-state index in [1.54, 1.807) is 11.4 Å². The van der Waals surface area contributed by atoms with E-state index in [1.807, 2.05) is 51.1 Å². The zero-order valence-corrected chi connectivity index (χ0v) is 25.0. The van der Waals surface area contributed by atoms with Gasteiger partial charge >= 0.3 is 5.97 Å². The van der Waals surface area contributed by atoms with Gasteiger partial charge in [-0.1, -0.05) is 37.1 Å². The highest BCUT2D eigenvalue weighted by Gasteiger charge is 2.51. The topological polar surface area (TPSA) is 133 Å². The van der Waals surface area contributed by atoms with Crippen LogP contribution in [-0.2, 0) is 37.2 Å². The molecule has 11 heteroatoms. The van der Waals surface area contributed by atoms with Crippen LogP contribution in [0.4, 0.5) is 0 Å². The lowest BCUT2D eigenvalue weighted by Crippen LogP contribution is -2.52. The molecule has 0 spiro atoms. The lowest BCUT2D eigenvalue weighted by molar-refractivity contribution is -0.185. The molecule has 1 N–H and O–H groups in total. The number of hydrogen-bond acceptors (Lipinski definition) is 8. The zero-order chi connectivity index (χ0) is 29.4. The van der Waals surface area contributed by atoms with Crippen LogP contribution < -0.4 is 4.72 Å². The first-order valence-electron chi connectivity index (χ1n) is 14.5. The number of fused-ring (bicyclic) bond motifs is 1. The highest BCUT2D eigenvalue weighted by atomic mass is 32.2. The summed E-state index contributed by atoms with van der Waals surface area (Å²) in [5.41, 5.74) is 2.82. The molecule has 1 saturated heterocycles. The van der Waals surface area contributed by atoms with Gasteiger partial charge in [0.1, 0.15) is 11.5 Å². The van der Waals surface area contributed by atoms with Crippen molar-refractivity contribution in [3.63, 3.8) is 0 Å². The van der Waals surface area contributed by atoms with E-state index >= 15 is 0 Å². The van der Waals surface area contributed by atoms with E-state index in [-0.39, 0.29) is 36.3 Å². The van der Waals surface area contributed by atoms with Crippen molar-refractivity contribution >= 4 is 27.6 Å². The Labute approximate surface area is 241 Å². The molecule has 0 amide bonds. The van der Waals surface area contributed by atoms with E-state index in [9.17, 15) is 18.0 Å². The summed E-state index contributed by atoms with van der Waals surface area (Å²) in [7, 11) is -3.31. The van der Waals surface area contributed by atoms with Gasteiger partial charge in [-0.15, -0.1) is 5.10 Å². The van der Waals surface area contributed by atoms with Crippen molar-refractivity contribution in [1.29, 1.82) is 0 Å². The van der Waals surface area contributed by atoms with Crippen molar-refractivity contribution in [2.24, 2.45) is 11.8 Å². The van der Waals surface area contributed by atoms with Gasteiger partial charge in [0.05, 0.1) is 5.75 Å². The van der Waals surface area contributed by atoms with Crippen LogP contribution in [0.1, 0.15) is 86.8 Å². The third-order valence-electron chi connectivity index (χ3n) is 8.65. The molecule has 1 aliphatic heterocycles. The quantitative estimate of drug-likeness (QED) is 0.281. The van der Waals surface area contributed by atoms with E-state index in [0.29, 0.717) is 24.4 Å². The second-order valence-corrected chi connectivity index (χ2v) is 13.7. The van der Waals surface area contributed by atoms with Gasteiger partial charge in [0, 0.05) is 30.3 Å². The third-order valence-corrected chi connectivity index (χ3v) is 10.1. The maximum absolute atomic E-state index is 13.6. The molecule has 1 saturated carbocycles. The van der Waals surface area contributed by atoms with Crippen LogP contribution in [0.25, 0.3) is 5.78 Å². The number of ketones is 1. The summed E-state index contributed by atoms with van der Waals surface area (Å²) < 4.78 is 34.5. The maximum Gasteiger partial charge on any atom is 0.317 e. The second-order valence-electron chi connectivity index (χ2n) is 11.6. The first kappa shape index (κ1) is 29.3. The van der Waals surface area contributed by atoms with Crippen LogP contribution in [0.3, 0.4) is 0 Å². The molecule has 2 aliphatic rings. The van der Waals surface area contributed by atoms with Crippen molar-refractivity contribution in [1.82, 2.24) is 24.3 Å². The molecule has 5 rings (SSSR count). The summed E-state index contributed by atoms with van der Waals surface area (Å²) in [5.74, 6) is -0.468. The largest absolute Gasteiger partial charge is 0.458 e. The maximum atomic E-state index is 13.6. The number of carbonyl (C=O) groups is 2. The molecule has 2 fully saturated rings. The number of cyclic esters (lactones) is 1. The highest BCUT2D eigenvalue weighted by Crippen LogP contribution is 2.45. The first-order chi connectivity index (χ1) is 19.5. The Hall–Kier alpha value is -3.18. The SMILES string of the molecule is CCS(=O)(=O)N[C@H](C)c1ccc(CCC2(C3CCCC3)CC(=O)C(Cc3nc4nc(C)cc(C)n4n3)C(=O)O2)cc1. The number of carbonyl (C=O) groups excluding carboxylic acids is 2. The lowest BCUT2D eigenvalue weighted by Gasteiger charge is -2.43. The molecular weight excluding hydrogens is 542 g/mol. The molecule has 1 aliphatic carbocycles. The van der Waals surface area contributed by atoms with Crippen molar-refractivity contribution in [3.8, 4) is 0 Å². The Balaban J connectivity index is 1.29. The van der Waals surface area contributed by atoms with Crippen LogP contribution in [0, 0.1) is 25.7 Å². The van der Waals surface area contributed by atoms with Gasteiger partial charge < -0.3 is 4.74 Å². The molecule has 10 nitrogen and oxygen atoms in total. The molecule has 41 heavy (non-hydrogen) atoms. The number of ether oxygens (including phenoxy) is 1. The van der Waals surface area contributed by atoms with Gasteiger partial charge in [-0.2, -0.15) is 4.98 Å². The fourth-order valence-electron chi connectivity index (χ4n) is 6.30. The van der Waals surface area contributed by atoms with Crippen LogP contribution in [0.5, 0.6) is 0 Å². The minimum Gasteiger partial charge on any atom is -0.458 e. The summed E-state index contributed by atoms with van der Waals surface area (Å²) in [6.07, 6.45) is 5.53. The summed E-state index contributed by atoms with van der Waals surface area (Å²) >= 11 is 0. The van der Waals surface area contributed by atoms with Crippen LogP contribution in [-0.4, -0.2) is 51.1 Å². The second kappa shape index (κ2) is 11.6. The summed E-state index contributed by atoms with van der Waals surface area (Å²) in [5, 5.41) is 4.50. The molecule has 220 valence electrons. The normalized spacial score (nSPS) is 22.8. The molecule has 1 aromatic carbocycles. The number of esters is 1. The number of nitrogens with zero attached hydrogens (tertiary/aromatic N) is 4. The molecule has 2 aromatic heterocycles. The summed E-state index contributed by atoms with van der Waals surface area (Å²) in [4.78, 5) is 35.8. The average molecular weight is 582 g/mol. The Bertz CT molecular complexity index is 1530. The summed E-state index contributed by atoms with van der Waals surface area (Å²) in [6, 6.07) is 9.39. The smallest absolute Gasteiger partial charge is 0.317 e. The fraction of sp³-hybridized carbons (Fsp3) is 0.567. The van der Waals surface area contributed by atoms with Gasteiger partial charge in [0.25, 0.3) is 5.78 Å². The lowest BCUT2D eigenvalue weighted by atomic mass is 9.73. The monoisotopic (exact) mass is 581 g/mol. The van der Waals surface area contributed by atoms with Crippen LogP contribution in [0.2, 0.25) is 0 Å². The number of Topliss-reactive ketones (excluding diaryl/α,β-unsaturated/α-hetero) is 1. The van der Waals surface area contributed by atoms with Crippen molar-refractivity contribution in [3.05, 3.63) is 58.7 Å². The molecular formula is C30H39N5O5S. The summed E-state index contributed by atoms with van der Waals surface area (Å²) in [6.45, 7) is 7.23. The fourth-order valence-corrected chi connectivity index (χ4v) is 7.15. The Kier molecular flexibility index (Phi) is 8.29. The minimum absolute atomic E-state index is 0.0308. The minimum atomic E-state index is -3.31. The van der Waals surface area contributed by atoms with Crippen LogP contribution >= 0.6 is 0 Å². The van der Waals surface area contributed by atoms with E-state index in [0.717, 1.165) is 48.2 Å². The van der Waals surface area contributed by atoms with Gasteiger partial charge in [0.15, 0.2) is 11.6 Å². The van der Waals surface area contributed by atoms with E-state index in [2.05, 4.69) is 19.8 Å². The third kappa shape index (κ3) is 6.35. The Morgan fingerprint density at radius 3 is 2.49 bits per heavy atom.